The molecule has 0 N–H and O–H groups in total. The molecule has 2 aliphatic rings. The number of carbonyl (C=O) groups is 2. The Balaban J connectivity index is 1.95. The van der Waals surface area contributed by atoms with E-state index in [1.807, 2.05) is 0 Å². The Morgan fingerprint density at radius 1 is 0.971 bits per heavy atom. The lowest BCUT2D eigenvalue weighted by Crippen LogP contribution is -2.46. The second-order valence-electron chi connectivity index (χ2n) is 11.5. The second-order valence-corrected chi connectivity index (χ2v) is 16.6. The lowest BCUT2D eigenvalue weighted by molar-refractivity contribution is -0.168. The van der Waals surface area contributed by atoms with Crippen molar-refractivity contribution in [1.29, 1.82) is 0 Å². The number of benzene rings is 1. The minimum atomic E-state index is -1.99. The van der Waals surface area contributed by atoms with Crippen LogP contribution in [-0.2, 0) is 25.5 Å². The summed E-state index contributed by atoms with van der Waals surface area (Å²) in [7, 11) is 0.708. The maximum atomic E-state index is 12.9. The maximum Gasteiger partial charge on any atom is 0.323 e. The van der Waals surface area contributed by atoms with Gasteiger partial charge in [0.1, 0.15) is 0 Å². The Morgan fingerprint density at radius 2 is 1.53 bits per heavy atom. The van der Waals surface area contributed by atoms with Gasteiger partial charge in [0.05, 0.1) is 14.2 Å². The zero-order valence-electron chi connectivity index (χ0n) is 21.8. The molecule has 5 nitrogen and oxygen atoms in total. The Bertz CT molecular complexity index is 1220. The second kappa shape index (κ2) is 8.26. The number of carbonyl (C=O) groups excluding carboxylic acids is 2. The monoisotopic (exact) mass is 479 g/mol. The average molecular weight is 480 g/mol. The number of rotatable bonds is 3. The van der Waals surface area contributed by atoms with Crippen LogP contribution in [0, 0.1) is 5.41 Å². The van der Waals surface area contributed by atoms with Crippen LogP contribution in [0.15, 0.2) is 41.0 Å². The molecule has 2 aliphatic carbocycles. The summed E-state index contributed by atoms with van der Waals surface area (Å²) in [5, 5.41) is 1.41. The molecule has 0 aliphatic heterocycles. The van der Waals surface area contributed by atoms with Gasteiger partial charge < -0.3 is 13.7 Å². The SMILES string of the molecule is COC(=O)C1(C(=O)OC)CC2=C(Cc3c(c4ccccc4n3[Si](C)(C)C(C)(C)C)/C=C(/C)C2)C1. The lowest BCUT2D eigenvalue weighted by atomic mass is 9.83. The van der Waals surface area contributed by atoms with E-state index in [2.05, 4.69) is 75.4 Å². The number of esters is 2. The van der Waals surface area contributed by atoms with Crippen molar-refractivity contribution in [1.82, 2.24) is 4.23 Å². The minimum absolute atomic E-state index is 0.137. The Hall–Kier alpha value is -2.60. The molecule has 0 bridgehead atoms. The summed E-state index contributed by atoms with van der Waals surface area (Å²) in [6.45, 7) is 14.0. The molecule has 0 radical (unpaired) electrons. The van der Waals surface area contributed by atoms with Gasteiger partial charge in [0.2, 0.25) is 0 Å². The molecular weight excluding hydrogens is 442 g/mol. The summed E-state index contributed by atoms with van der Waals surface area (Å²) in [5.74, 6) is -1.00. The fourth-order valence-electron chi connectivity index (χ4n) is 5.64. The predicted octanol–water partition coefficient (Wildman–Crippen LogP) is 6.27. The molecule has 0 amide bonds. The van der Waals surface area contributed by atoms with Crippen LogP contribution in [0.2, 0.25) is 18.1 Å². The van der Waals surface area contributed by atoms with Crippen molar-refractivity contribution in [3.05, 3.63) is 52.2 Å². The first-order chi connectivity index (χ1) is 15.9. The van der Waals surface area contributed by atoms with Crippen LogP contribution in [0.25, 0.3) is 17.0 Å². The Labute approximate surface area is 203 Å². The topological polar surface area (TPSA) is 57.5 Å². The first kappa shape index (κ1) is 24.5. The molecule has 0 saturated carbocycles. The smallest absolute Gasteiger partial charge is 0.323 e. The van der Waals surface area contributed by atoms with Gasteiger partial charge in [-0.25, -0.2) is 0 Å². The van der Waals surface area contributed by atoms with Gasteiger partial charge in [-0.3, -0.25) is 9.59 Å². The van der Waals surface area contributed by atoms with Gasteiger partial charge in [-0.2, -0.15) is 0 Å². The third-order valence-corrected chi connectivity index (χ3v) is 13.7. The number of methoxy groups -OCH3 is 2. The first-order valence-electron chi connectivity index (χ1n) is 12.0. The summed E-state index contributed by atoms with van der Waals surface area (Å²) in [6, 6.07) is 8.69. The van der Waals surface area contributed by atoms with Gasteiger partial charge >= 0.3 is 11.9 Å². The van der Waals surface area contributed by atoms with Gasteiger partial charge in [0, 0.05) is 28.6 Å². The molecule has 182 valence electrons. The molecule has 0 fully saturated rings. The lowest BCUT2D eigenvalue weighted by Gasteiger charge is -2.40. The number of hydrogen-bond acceptors (Lipinski definition) is 4. The Kier molecular flexibility index (Phi) is 5.96. The molecule has 2 aromatic rings. The van der Waals surface area contributed by atoms with Crippen molar-refractivity contribution in [3.63, 3.8) is 0 Å². The molecule has 4 rings (SSSR count). The third-order valence-electron chi connectivity index (χ3n) is 8.36. The standard InChI is InChI=1S/C28H37NO4Si/c1-18-13-19-16-28(25(30)32-5,26(31)33-6)17-20(19)15-24-22(14-18)21-11-9-10-12-23(21)29(24)34(7,8)27(2,3)4/h9-12,14H,13,15-17H2,1-8H3/b18-14-. The highest BCUT2D eigenvalue weighted by Crippen LogP contribution is 2.50. The van der Waals surface area contributed by atoms with Crippen molar-refractivity contribution >= 4 is 37.2 Å². The van der Waals surface area contributed by atoms with Crippen LogP contribution in [0.1, 0.15) is 58.2 Å². The number of nitrogens with zero attached hydrogens (tertiary/aromatic N) is 1. The summed E-state index contributed by atoms with van der Waals surface area (Å²) < 4.78 is 12.9. The van der Waals surface area contributed by atoms with Crippen molar-refractivity contribution in [3.8, 4) is 0 Å². The van der Waals surface area contributed by atoms with E-state index in [1.165, 1.54) is 53.1 Å². The number of para-hydroxylation sites is 1. The number of fused-ring (bicyclic) bond motifs is 3. The molecule has 1 aromatic heterocycles. The Morgan fingerprint density at radius 3 is 2.09 bits per heavy atom. The molecule has 1 aromatic carbocycles. The molecule has 1 heterocycles. The normalized spacial score (nSPS) is 19.6. The van der Waals surface area contributed by atoms with Crippen molar-refractivity contribution < 1.29 is 19.1 Å². The van der Waals surface area contributed by atoms with Crippen LogP contribution >= 0.6 is 0 Å². The molecule has 0 unspecified atom stereocenters. The molecule has 0 saturated heterocycles. The first-order valence-corrected chi connectivity index (χ1v) is 15.0. The summed E-state index contributed by atoms with van der Waals surface area (Å²) in [6.07, 6.45) is 4.52. The van der Waals surface area contributed by atoms with Crippen LogP contribution in [0.3, 0.4) is 0 Å². The van der Waals surface area contributed by atoms with Crippen LogP contribution in [0.5, 0.6) is 0 Å². The number of allylic oxidation sites excluding steroid dienone is 3. The minimum Gasteiger partial charge on any atom is -0.468 e. The molecule has 0 atom stereocenters. The van der Waals surface area contributed by atoms with Crippen LogP contribution in [0.4, 0.5) is 0 Å². The molecule has 34 heavy (non-hydrogen) atoms. The molecule has 0 spiro atoms. The van der Waals surface area contributed by atoms with E-state index >= 15 is 0 Å². The fraction of sp³-hybridized carbons (Fsp3) is 0.500. The van der Waals surface area contributed by atoms with Crippen molar-refractivity contribution in [2.45, 2.75) is 71.5 Å². The zero-order valence-corrected chi connectivity index (χ0v) is 22.8. The fourth-order valence-corrected chi connectivity index (χ4v) is 7.98. The van der Waals surface area contributed by atoms with Crippen molar-refractivity contribution in [2.24, 2.45) is 5.41 Å². The van der Waals surface area contributed by atoms with E-state index in [4.69, 9.17) is 9.47 Å². The van der Waals surface area contributed by atoms with Crippen molar-refractivity contribution in [2.75, 3.05) is 14.2 Å². The average Bonchev–Trinajstić information content (AvgIpc) is 3.27. The number of ether oxygens (including phenoxy) is 2. The molecule has 6 heteroatoms. The van der Waals surface area contributed by atoms with E-state index in [0.717, 1.165) is 12.8 Å². The molecular formula is C28H37NO4Si. The quantitative estimate of drug-likeness (QED) is 0.225. The van der Waals surface area contributed by atoms with E-state index in [1.54, 1.807) is 0 Å². The summed E-state index contributed by atoms with van der Waals surface area (Å²) >= 11 is 0. The summed E-state index contributed by atoms with van der Waals surface area (Å²) in [5.41, 5.74) is 6.14. The largest absolute Gasteiger partial charge is 0.468 e. The van der Waals surface area contributed by atoms with Crippen LogP contribution < -0.4 is 0 Å². The number of aromatic nitrogens is 1. The number of hydrogen-bond donors (Lipinski definition) is 0. The summed E-state index contributed by atoms with van der Waals surface area (Å²) in [4.78, 5) is 25.8. The van der Waals surface area contributed by atoms with E-state index < -0.39 is 25.6 Å². The van der Waals surface area contributed by atoms with Gasteiger partial charge in [-0.1, -0.05) is 74.9 Å². The van der Waals surface area contributed by atoms with Gasteiger partial charge in [-0.15, -0.1) is 0 Å². The van der Waals surface area contributed by atoms with Gasteiger partial charge in [0.15, 0.2) is 13.7 Å². The van der Waals surface area contributed by atoms with E-state index in [0.29, 0.717) is 12.8 Å². The van der Waals surface area contributed by atoms with Gasteiger partial charge in [-0.05, 0) is 37.3 Å². The highest BCUT2D eigenvalue weighted by Gasteiger charge is 2.53. The highest BCUT2D eigenvalue weighted by atomic mass is 28.3. The third kappa shape index (κ3) is 3.58. The van der Waals surface area contributed by atoms with Gasteiger partial charge in [0.25, 0.3) is 0 Å². The van der Waals surface area contributed by atoms with Crippen LogP contribution in [-0.4, -0.2) is 38.6 Å². The predicted molar refractivity (Wildman–Crippen MR) is 139 cm³/mol. The van der Waals surface area contributed by atoms with E-state index in [9.17, 15) is 9.59 Å². The zero-order chi connectivity index (χ0) is 25.1. The maximum absolute atomic E-state index is 12.9. The van der Waals surface area contributed by atoms with E-state index in [-0.39, 0.29) is 5.04 Å². The highest BCUT2D eigenvalue weighted by molar-refractivity contribution is 6.79.